The van der Waals surface area contributed by atoms with Gasteiger partial charge in [-0.05, 0) is 48.4 Å². The van der Waals surface area contributed by atoms with E-state index in [1.165, 1.54) is 0 Å². The second-order valence-corrected chi connectivity index (χ2v) is 9.50. The molecule has 2 heterocycles. The third kappa shape index (κ3) is 4.06. The first-order chi connectivity index (χ1) is 11.9. The van der Waals surface area contributed by atoms with Crippen LogP contribution in [0.4, 0.5) is 0 Å². The van der Waals surface area contributed by atoms with Crippen LogP contribution in [-0.2, 0) is 27.8 Å². The smallest absolute Gasteiger partial charge is 0.243 e. The Kier molecular flexibility index (Phi) is 5.49. The van der Waals surface area contributed by atoms with Crippen molar-refractivity contribution in [1.82, 2.24) is 9.21 Å². The average molecular weight is 365 g/mol. The first kappa shape index (κ1) is 18.4. The van der Waals surface area contributed by atoms with Gasteiger partial charge in [-0.15, -0.1) is 0 Å². The van der Waals surface area contributed by atoms with Crippen molar-refractivity contribution in [2.75, 3.05) is 19.6 Å². The molecule has 1 aromatic rings. The highest BCUT2D eigenvalue weighted by Crippen LogP contribution is 2.26. The summed E-state index contributed by atoms with van der Waals surface area (Å²) in [5.74, 6) is 0.490. The van der Waals surface area contributed by atoms with Gasteiger partial charge in [0.15, 0.2) is 0 Å². The molecule has 0 radical (unpaired) electrons. The molecule has 0 saturated carbocycles. The highest BCUT2D eigenvalue weighted by molar-refractivity contribution is 7.89. The fourth-order valence-corrected chi connectivity index (χ4v) is 5.21. The van der Waals surface area contributed by atoms with Gasteiger partial charge in [0.2, 0.25) is 15.9 Å². The Morgan fingerprint density at radius 2 is 1.80 bits per heavy atom. The Labute approximate surface area is 151 Å². The van der Waals surface area contributed by atoms with E-state index in [0.29, 0.717) is 36.9 Å². The number of hydrogen-bond donors (Lipinski definition) is 0. The molecule has 1 amide bonds. The summed E-state index contributed by atoms with van der Waals surface area (Å²) >= 11 is 0. The zero-order valence-corrected chi connectivity index (χ0v) is 16.0. The van der Waals surface area contributed by atoms with Gasteiger partial charge in [0.1, 0.15) is 0 Å². The number of hydrogen-bond acceptors (Lipinski definition) is 3. The van der Waals surface area contributed by atoms with Gasteiger partial charge >= 0.3 is 0 Å². The van der Waals surface area contributed by atoms with E-state index in [1.54, 1.807) is 16.4 Å². The number of fused-ring (bicyclic) bond motifs is 1. The Balaban J connectivity index is 1.81. The van der Waals surface area contributed by atoms with Gasteiger partial charge in [-0.3, -0.25) is 4.79 Å². The molecule has 0 bridgehead atoms. The number of piperidine rings is 1. The molecule has 138 valence electrons. The van der Waals surface area contributed by atoms with Crippen molar-refractivity contribution < 1.29 is 13.2 Å². The summed E-state index contributed by atoms with van der Waals surface area (Å²) in [5, 5.41) is 0. The van der Waals surface area contributed by atoms with Gasteiger partial charge in [0, 0.05) is 32.6 Å². The second kappa shape index (κ2) is 7.46. The molecule has 3 rings (SSSR count). The zero-order valence-electron chi connectivity index (χ0n) is 15.2. The normalized spacial score (nSPS) is 19.1. The summed E-state index contributed by atoms with van der Waals surface area (Å²) in [6.07, 6.45) is 4.30. The fourth-order valence-electron chi connectivity index (χ4n) is 3.64. The van der Waals surface area contributed by atoms with Crippen LogP contribution >= 0.6 is 0 Å². The van der Waals surface area contributed by atoms with Crippen LogP contribution in [0, 0.1) is 5.92 Å². The van der Waals surface area contributed by atoms with Crippen molar-refractivity contribution in [1.29, 1.82) is 0 Å². The Hall–Kier alpha value is -1.40. The minimum Gasteiger partial charge on any atom is -0.338 e. The molecule has 25 heavy (non-hydrogen) atoms. The highest BCUT2D eigenvalue weighted by Gasteiger charge is 2.28. The largest absolute Gasteiger partial charge is 0.338 e. The summed E-state index contributed by atoms with van der Waals surface area (Å²) in [5.41, 5.74) is 2.13. The second-order valence-electron chi connectivity index (χ2n) is 7.56. The number of nitrogens with zero attached hydrogens (tertiary/aromatic N) is 2. The zero-order chi connectivity index (χ0) is 18.0. The first-order valence-corrected chi connectivity index (χ1v) is 10.7. The van der Waals surface area contributed by atoms with Crippen molar-refractivity contribution in [2.24, 2.45) is 5.92 Å². The summed E-state index contributed by atoms with van der Waals surface area (Å²) in [7, 11) is -3.42. The van der Waals surface area contributed by atoms with Gasteiger partial charge in [0.25, 0.3) is 0 Å². The van der Waals surface area contributed by atoms with E-state index in [-0.39, 0.29) is 5.91 Å². The third-order valence-electron chi connectivity index (χ3n) is 5.08. The molecular weight excluding hydrogens is 336 g/mol. The van der Waals surface area contributed by atoms with Crippen LogP contribution in [0.3, 0.4) is 0 Å². The average Bonchev–Trinajstić information content (AvgIpc) is 2.61. The lowest BCUT2D eigenvalue weighted by Gasteiger charge is -2.30. The predicted octanol–water partition coefficient (Wildman–Crippen LogP) is 2.79. The Morgan fingerprint density at radius 3 is 2.48 bits per heavy atom. The molecule has 6 heteroatoms. The van der Waals surface area contributed by atoms with E-state index in [0.717, 1.165) is 43.4 Å². The van der Waals surface area contributed by atoms with E-state index in [2.05, 4.69) is 0 Å². The lowest BCUT2D eigenvalue weighted by molar-refractivity contribution is -0.132. The van der Waals surface area contributed by atoms with Crippen molar-refractivity contribution in [2.45, 2.75) is 57.4 Å². The summed E-state index contributed by atoms with van der Waals surface area (Å²) in [6, 6.07) is 5.44. The quantitative estimate of drug-likeness (QED) is 0.825. The number of benzene rings is 1. The van der Waals surface area contributed by atoms with E-state index < -0.39 is 10.0 Å². The number of carbonyl (C=O) groups is 1. The van der Waals surface area contributed by atoms with Gasteiger partial charge in [-0.1, -0.05) is 26.3 Å². The maximum absolute atomic E-state index is 12.9. The Morgan fingerprint density at radius 1 is 1.08 bits per heavy atom. The molecule has 0 aromatic heterocycles. The van der Waals surface area contributed by atoms with Crippen LogP contribution in [0.1, 0.15) is 50.7 Å². The lowest BCUT2D eigenvalue weighted by Crippen LogP contribution is -2.37. The molecule has 0 N–H and O–H groups in total. The minimum absolute atomic E-state index is 0.157. The molecule has 0 spiro atoms. The molecule has 1 saturated heterocycles. The van der Waals surface area contributed by atoms with E-state index in [4.69, 9.17) is 0 Å². The molecule has 1 fully saturated rings. The van der Waals surface area contributed by atoms with Crippen LogP contribution in [0.2, 0.25) is 0 Å². The van der Waals surface area contributed by atoms with E-state index in [9.17, 15) is 13.2 Å². The summed E-state index contributed by atoms with van der Waals surface area (Å²) in [6.45, 7) is 6.54. The minimum atomic E-state index is -3.42. The van der Waals surface area contributed by atoms with Gasteiger partial charge in [-0.25, -0.2) is 8.42 Å². The summed E-state index contributed by atoms with van der Waals surface area (Å²) < 4.78 is 27.4. The number of carbonyl (C=O) groups excluding carboxylic acids is 1. The number of rotatable bonds is 4. The number of sulfonamides is 1. The van der Waals surface area contributed by atoms with Crippen molar-refractivity contribution >= 4 is 15.9 Å². The molecule has 5 nitrogen and oxygen atoms in total. The third-order valence-corrected chi connectivity index (χ3v) is 6.97. The van der Waals surface area contributed by atoms with Crippen molar-refractivity contribution in [3.8, 4) is 0 Å². The first-order valence-electron chi connectivity index (χ1n) is 9.27. The lowest BCUT2D eigenvalue weighted by atomic mass is 9.99. The van der Waals surface area contributed by atoms with Gasteiger partial charge < -0.3 is 4.90 Å². The maximum atomic E-state index is 12.9. The van der Waals surface area contributed by atoms with E-state index >= 15 is 0 Å². The van der Waals surface area contributed by atoms with Crippen LogP contribution in [-0.4, -0.2) is 43.2 Å². The standard InChI is InChI=1S/C19H28N2O3S/c1-15(2)12-19(22)20-11-8-16-6-7-18(13-17(16)14-20)25(23,24)21-9-4-3-5-10-21/h6-7,13,15H,3-5,8-12,14H2,1-2H3. The van der Waals surface area contributed by atoms with Crippen LogP contribution in [0.15, 0.2) is 23.1 Å². The van der Waals surface area contributed by atoms with Crippen LogP contribution in [0.25, 0.3) is 0 Å². The van der Waals surface area contributed by atoms with Gasteiger partial charge in [0.05, 0.1) is 4.90 Å². The monoisotopic (exact) mass is 364 g/mol. The highest BCUT2D eigenvalue weighted by atomic mass is 32.2. The van der Waals surface area contributed by atoms with E-state index in [1.807, 2.05) is 24.8 Å². The molecular formula is C19H28N2O3S. The van der Waals surface area contributed by atoms with Crippen LogP contribution in [0.5, 0.6) is 0 Å². The molecule has 1 aromatic carbocycles. The maximum Gasteiger partial charge on any atom is 0.243 e. The summed E-state index contributed by atoms with van der Waals surface area (Å²) in [4.78, 5) is 14.6. The topological polar surface area (TPSA) is 57.7 Å². The van der Waals surface area contributed by atoms with Crippen molar-refractivity contribution in [3.63, 3.8) is 0 Å². The Bertz CT molecular complexity index is 737. The SMILES string of the molecule is CC(C)CC(=O)N1CCc2ccc(S(=O)(=O)N3CCCCC3)cc2C1. The fraction of sp³-hybridized carbons (Fsp3) is 0.632. The number of amides is 1. The molecule has 0 atom stereocenters. The molecule has 2 aliphatic heterocycles. The molecule has 2 aliphatic rings. The van der Waals surface area contributed by atoms with Crippen LogP contribution < -0.4 is 0 Å². The molecule has 0 unspecified atom stereocenters. The van der Waals surface area contributed by atoms with Crippen molar-refractivity contribution in [3.05, 3.63) is 29.3 Å². The van der Waals surface area contributed by atoms with Gasteiger partial charge in [-0.2, -0.15) is 4.31 Å². The predicted molar refractivity (Wildman–Crippen MR) is 97.6 cm³/mol. The molecule has 0 aliphatic carbocycles.